The number of pyridine rings is 1. The lowest BCUT2D eigenvalue weighted by Gasteiger charge is -2.10. The molecule has 142 valence electrons. The van der Waals surface area contributed by atoms with Gasteiger partial charge in [0.1, 0.15) is 5.75 Å². The maximum atomic E-state index is 12.7. The van der Waals surface area contributed by atoms with Crippen LogP contribution in [0.2, 0.25) is 5.02 Å². The summed E-state index contributed by atoms with van der Waals surface area (Å²) in [5, 5.41) is 10.7. The normalized spacial score (nSPS) is 11.6. The molecule has 3 rings (SSSR count). The van der Waals surface area contributed by atoms with Crippen molar-refractivity contribution in [1.29, 1.82) is 0 Å². The molecule has 10 heteroatoms. The Kier molecular flexibility index (Phi) is 5.22. The van der Waals surface area contributed by atoms with E-state index in [-0.39, 0.29) is 18.8 Å². The number of halogens is 4. The van der Waals surface area contributed by atoms with E-state index in [1.165, 1.54) is 10.6 Å². The molecule has 0 spiro atoms. The van der Waals surface area contributed by atoms with Crippen molar-refractivity contribution in [2.45, 2.75) is 19.6 Å². The molecule has 1 amide bonds. The Morgan fingerprint density at radius 1 is 1.26 bits per heavy atom. The van der Waals surface area contributed by atoms with Crippen LogP contribution in [0, 0.1) is 6.92 Å². The maximum Gasteiger partial charge on any atom is 0.416 e. The average molecular weight is 399 g/mol. The van der Waals surface area contributed by atoms with Gasteiger partial charge in [0.05, 0.1) is 12.1 Å². The summed E-state index contributed by atoms with van der Waals surface area (Å²) >= 11 is 5.86. The van der Waals surface area contributed by atoms with Gasteiger partial charge in [-0.05, 0) is 42.8 Å². The molecule has 0 aliphatic rings. The number of nitrogens with zero attached hydrogens (tertiary/aromatic N) is 3. The Morgan fingerprint density at radius 3 is 2.74 bits per heavy atom. The zero-order chi connectivity index (χ0) is 19.6. The Morgan fingerprint density at radius 2 is 2.04 bits per heavy atom. The molecule has 27 heavy (non-hydrogen) atoms. The molecule has 1 N–H and O–H groups in total. The third-order valence-electron chi connectivity index (χ3n) is 3.75. The standard InChI is InChI=1S/C17H14ClF3N4O2/c1-10-6-12(18)2-3-13(10)27-9-16(26)22-8-15-24-23-14-7-11(17(19,20)21)4-5-25(14)15/h2-7H,8-9H2,1H3,(H,22,26). The van der Waals surface area contributed by atoms with E-state index in [1.54, 1.807) is 25.1 Å². The quantitative estimate of drug-likeness (QED) is 0.715. The fourth-order valence-electron chi connectivity index (χ4n) is 2.38. The molecule has 2 aromatic heterocycles. The van der Waals surface area contributed by atoms with E-state index in [1.807, 2.05) is 0 Å². The summed E-state index contributed by atoms with van der Waals surface area (Å²) in [5.74, 6) is 0.421. The number of benzene rings is 1. The molecule has 0 atom stereocenters. The summed E-state index contributed by atoms with van der Waals surface area (Å²) in [6.45, 7) is 1.57. The van der Waals surface area contributed by atoms with Crippen LogP contribution in [0.25, 0.3) is 5.65 Å². The van der Waals surface area contributed by atoms with E-state index >= 15 is 0 Å². The molecule has 0 saturated carbocycles. The molecule has 0 aliphatic carbocycles. The molecule has 0 fully saturated rings. The number of aromatic nitrogens is 3. The van der Waals surface area contributed by atoms with Crippen LogP contribution in [0.1, 0.15) is 17.0 Å². The average Bonchev–Trinajstić information content (AvgIpc) is 3.01. The molecule has 0 unspecified atom stereocenters. The van der Waals surface area contributed by atoms with Gasteiger partial charge in [0.2, 0.25) is 0 Å². The lowest BCUT2D eigenvalue weighted by atomic mass is 10.2. The number of alkyl halides is 3. The first-order chi connectivity index (χ1) is 12.7. The second-order valence-corrected chi connectivity index (χ2v) is 6.17. The zero-order valence-electron chi connectivity index (χ0n) is 14.0. The Hall–Kier alpha value is -2.81. The molecular weight excluding hydrogens is 385 g/mol. The molecule has 0 bridgehead atoms. The van der Waals surface area contributed by atoms with Crippen molar-refractivity contribution in [2.75, 3.05) is 6.61 Å². The van der Waals surface area contributed by atoms with Crippen molar-refractivity contribution >= 4 is 23.2 Å². The van der Waals surface area contributed by atoms with Gasteiger partial charge in [-0.1, -0.05) is 11.6 Å². The van der Waals surface area contributed by atoms with Crippen molar-refractivity contribution in [1.82, 2.24) is 19.9 Å². The SMILES string of the molecule is Cc1cc(Cl)ccc1OCC(=O)NCc1nnc2cc(C(F)(F)F)ccn12. The van der Waals surface area contributed by atoms with Crippen LogP contribution in [0.15, 0.2) is 36.5 Å². The third-order valence-corrected chi connectivity index (χ3v) is 3.98. The minimum Gasteiger partial charge on any atom is -0.484 e. The Labute approximate surface area is 156 Å². The van der Waals surface area contributed by atoms with Gasteiger partial charge in [-0.2, -0.15) is 13.2 Å². The lowest BCUT2D eigenvalue weighted by Crippen LogP contribution is -2.29. The van der Waals surface area contributed by atoms with E-state index < -0.39 is 17.6 Å². The van der Waals surface area contributed by atoms with Crippen molar-refractivity contribution in [3.05, 3.63) is 58.5 Å². The van der Waals surface area contributed by atoms with Gasteiger partial charge in [-0.25, -0.2) is 0 Å². The topological polar surface area (TPSA) is 68.5 Å². The minimum absolute atomic E-state index is 0.00563. The smallest absolute Gasteiger partial charge is 0.416 e. The van der Waals surface area contributed by atoms with E-state index in [4.69, 9.17) is 16.3 Å². The van der Waals surface area contributed by atoms with E-state index in [9.17, 15) is 18.0 Å². The predicted molar refractivity (Wildman–Crippen MR) is 91.5 cm³/mol. The van der Waals surface area contributed by atoms with Gasteiger partial charge < -0.3 is 10.1 Å². The summed E-state index contributed by atoms with van der Waals surface area (Å²) in [6, 6.07) is 6.85. The molecule has 2 heterocycles. The highest BCUT2D eigenvalue weighted by molar-refractivity contribution is 6.30. The Balaban J connectivity index is 1.60. The summed E-state index contributed by atoms with van der Waals surface area (Å²) in [7, 11) is 0. The van der Waals surface area contributed by atoms with Crippen LogP contribution in [0.5, 0.6) is 5.75 Å². The third kappa shape index (κ3) is 4.48. The van der Waals surface area contributed by atoms with Gasteiger partial charge in [-0.3, -0.25) is 9.20 Å². The lowest BCUT2D eigenvalue weighted by molar-refractivity contribution is -0.137. The maximum absolute atomic E-state index is 12.7. The number of ether oxygens (including phenoxy) is 1. The molecule has 0 aliphatic heterocycles. The monoisotopic (exact) mass is 398 g/mol. The van der Waals surface area contributed by atoms with Crippen LogP contribution < -0.4 is 10.1 Å². The first kappa shape index (κ1) is 19.0. The Bertz CT molecular complexity index is 988. The van der Waals surface area contributed by atoms with Crippen LogP contribution >= 0.6 is 11.6 Å². The molecule has 0 radical (unpaired) electrons. The van der Waals surface area contributed by atoms with Crippen molar-refractivity contribution < 1.29 is 22.7 Å². The highest BCUT2D eigenvalue weighted by Gasteiger charge is 2.31. The number of aryl methyl sites for hydroxylation is 1. The molecule has 3 aromatic rings. The van der Waals surface area contributed by atoms with Crippen molar-refractivity contribution in [3.63, 3.8) is 0 Å². The van der Waals surface area contributed by atoms with Gasteiger partial charge in [-0.15, -0.1) is 10.2 Å². The van der Waals surface area contributed by atoms with Gasteiger partial charge >= 0.3 is 6.18 Å². The summed E-state index contributed by atoms with van der Waals surface area (Å²) in [4.78, 5) is 11.9. The number of rotatable bonds is 5. The predicted octanol–water partition coefficient (Wildman–Crippen LogP) is 3.41. The second kappa shape index (κ2) is 7.43. The molecule has 1 aromatic carbocycles. The van der Waals surface area contributed by atoms with Crippen LogP contribution in [-0.2, 0) is 17.5 Å². The number of hydrogen-bond acceptors (Lipinski definition) is 4. The summed E-state index contributed by atoms with van der Waals surface area (Å²) < 4.78 is 44.9. The van der Waals surface area contributed by atoms with Gasteiger partial charge in [0.25, 0.3) is 5.91 Å². The van der Waals surface area contributed by atoms with Crippen molar-refractivity contribution in [2.24, 2.45) is 0 Å². The number of amides is 1. The van der Waals surface area contributed by atoms with E-state index in [0.717, 1.165) is 17.7 Å². The highest BCUT2D eigenvalue weighted by Crippen LogP contribution is 2.29. The second-order valence-electron chi connectivity index (χ2n) is 5.73. The molecule has 6 nitrogen and oxygen atoms in total. The number of nitrogens with one attached hydrogen (secondary N) is 1. The van der Waals surface area contributed by atoms with Crippen LogP contribution in [-0.4, -0.2) is 27.1 Å². The van der Waals surface area contributed by atoms with E-state index in [2.05, 4.69) is 15.5 Å². The highest BCUT2D eigenvalue weighted by atomic mass is 35.5. The largest absolute Gasteiger partial charge is 0.484 e. The number of carbonyl (C=O) groups excluding carboxylic acids is 1. The fraction of sp³-hybridized carbons (Fsp3) is 0.235. The molecular formula is C17H14ClF3N4O2. The zero-order valence-corrected chi connectivity index (χ0v) is 14.8. The molecule has 0 saturated heterocycles. The van der Waals surface area contributed by atoms with Crippen molar-refractivity contribution in [3.8, 4) is 5.75 Å². The van der Waals surface area contributed by atoms with Crippen LogP contribution in [0.3, 0.4) is 0 Å². The number of hydrogen-bond donors (Lipinski definition) is 1. The van der Waals surface area contributed by atoms with Crippen LogP contribution in [0.4, 0.5) is 13.2 Å². The van der Waals surface area contributed by atoms with E-state index in [0.29, 0.717) is 16.6 Å². The fourth-order valence-corrected chi connectivity index (χ4v) is 2.61. The minimum atomic E-state index is -4.46. The first-order valence-electron chi connectivity index (χ1n) is 7.80. The first-order valence-corrected chi connectivity index (χ1v) is 8.18. The summed E-state index contributed by atoms with van der Waals surface area (Å²) in [6.07, 6.45) is -3.24. The van der Waals surface area contributed by atoms with Gasteiger partial charge in [0, 0.05) is 11.2 Å². The number of fused-ring (bicyclic) bond motifs is 1. The number of carbonyl (C=O) groups is 1. The summed E-state index contributed by atoms with van der Waals surface area (Å²) in [5.41, 5.74) is 0.0195. The van der Waals surface area contributed by atoms with Gasteiger partial charge in [0.15, 0.2) is 18.1 Å².